The van der Waals surface area contributed by atoms with Crippen LogP contribution in [0.15, 0.2) is 54.6 Å². The fourth-order valence-electron chi connectivity index (χ4n) is 12.2. The highest BCUT2D eigenvalue weighted by Gasteiger charge is 2.86. The van der Waals surface area contributed by atoms with Gasteiger partial charge < -0.3 is 4.74 Å². The Hall–Kier alpha value is -2.16. The zero-order valence-corrected chi connectivity index (χ0v) is 23.6. The van der Waals surface area contributed by atoms with Crippen molar-refractivity contribution in [1.82, 2.24) is 0 Å². The quantitative estimate of drug-likeness (QED) is 0.236. The van der Waals surface area contributed by atoms with Crippen LogP contribution < -0.4 is 0 Å². The van der Waals surface area contributed by atoms with E-state index in [9.17, 15) is 9.59 Å². The van der Waals surface area contributed by atoms with Crippen LogP contribution in [-0.2, 0) is 20.9 Å². The van der Waals surface area contributed by atoms with Gasteiger partial charge >= 0.3 is 5.97 Å². The Bertz CT molecular complexity index is 1230. The first-order chi connectivity index (χ1) is 18.1. The summed E-state index contributed by atoms with van der Waals surface area (Å²) in [5.74, 6) is 3.28. The van der Waals surface area contributed by atoms with E-state index in [4.69, 9.17) is 4.74 Å². The van der Waals surface area contributed by atoms with Gasteiger partial charge in [-0.2, -0.15) is 0 Å². The van der Waals surface area contributed by atoms with Gasteiger partial charge in [-0.25, -0.2) is 0 Å². The fourth-order valence-corrected chi connectivity index (χ4v) is 12.2. The fraction of sp³-hybridized carbons (Fsp3) is 0.657. The number of carbonyl (C=O) groups is 2. The molecule has 1 aromatic rings. The van der Waals surface area contributed by atoms with Crippen molar-refractivity contribution in [2.24, 2.45) is 57.2 Å². The molecular formula is C35H44O3. The molecule has 0 aromatic heterocycles. The zero-order chi connectivity index (χ0) is 26.7. The van der Waals surface area contributed by atoms with E-state index in [0.29, 0.717) is 65.1 Å². The van der Waals surface area contributed by atoms with Crippen molar-refractivity contribution in [3.05, 3.63) is 60.2 Å². The van der Waals surface area contributed by atoms with Crippen LogP contribution in [0.3, 0.4) is 0 Å². The Morgan fingerprint density at radius 1 is 1.03 bits per heavy atom. The molecule has 0 amide bonds. The second-order valence-corrected chi connectivity index (χ2v) is 14.6. The monoisotopic (exact) mass is 512 g/mol. The molecule has 3 nitrogen and oxygen atoms in total. The predicted octanol–water partition coefficient (Wildman–Crippen LogP) is 7.71. The molecule has 0 N–H and O–H groups in total. The normalized spacial score (nSPS) is 48.3. The topological polar surface area (TPSA) is 43.4 Å². The van der Waals surface area contributed by atoms with Gasteiger partial charge in [0.1, 0.15) is 6.61 Å². The lowest BCUT2D eigenvalue weighted by Gasteiger charge is -2.58. The van der Waals surface area contributed by atoms with Crippen molar-refractivity contribution in [2.45, 2.75) is 85.2 Å². The van der Waals surface area contributed by atoms with Gasteiger partial charge in [-0.15, -0.1) is 0 Å². The van der Waals surface area contributed by atoms with E-state index in [2.05, 4.69) is 33.9 Å². The Morgan fingerprint density at radius 2 is 1.79 bits per heavy atom. The molecule has 0 aliphatic heterocycles. The maximum absolute atomic E-state index is 14.1. The third kappa shape index (κ3) is 2.82. The first-order valence-electron chi connectivity index (χ1n) is 15.2. The number of hydrogen-bond acceptors (Lipinski definition) is 3. The number of ether oxygens (including phenoxy) is 1. The molecule has 6 fully saturated rings. The Kier molecular flexibility index (Phi) is 5.20. The molecule has 202 valence electrons. The van der Waals surface area contributed by atoms with Crippen LogP contribution in [0.25, 0.3) is 0 Å². The minimum absolute atomic E-state index is 0.0421. The van der Waals surface area contributed by atoms with Crippen molar-refractivity contribution in [3.8, 4) is 0 Å². The maximum atomic E-state index is 14.1. The molecule has 2 unspecified atom stereocenters. The van der Waals surface area contributed by atoms with E-state index in [0.717, 1.165) is 49.7 Å². The Balaban J connectivity index is 1.24. The standard InChI is InChI=1S/C35H44O3/c1-21(2)24-13-16-34(31(37)38-20-23-9-7-6-8-10-23)17-18-35-25(30(24)34)11-12-28-32(4)15-14-27(36)22(3)26(32)19-29(35)33(28,35)5/h6-10,24-26,28-30H,1,3,11-20H2,2,4-5H3/t24-,25?,26-,28+,29?,30-,32-,33-,34-,35+/m0/s1. The Labute approximate surface area is 228 Å². The minimum Gasteiger partial charge on any atom is -0.460 e. The average Bonchev–Trinajstić information content (AvgIpc) is 3.21. The summed E-state index contributed by atoms with van der Waals surface area (Å²) < 4.78 is 6.14. The molecule has 38 heavy (non-hydrogen) atoms. The van der Waals surface area contributed by atoms with E-state index in [-0.39, 0.29) is 16.8 Å². The third-order valence-electron chi connectivity index (χ3n) is 13.8. The summed E-state index contributed by atoms with van der Waals surface area (Å²) in [7, 11) is 0. The average molecular weight is 513 g/mol. The molecule has 0 saturated heterocycles. The van der Waals surface area contributed by atoms with Crippen LogP contribution in [0.1, 0.15) is 84.1 Å². The number of ketones is 1. The number of benzene rings is 1. The molecule has 1 aromatic carbocycles. The highest BCUT2D eigenvalue weighted by molar-refractivity contribution is 5.96. The lowest BCUT2D eigenvalue weighted by molar-refractivity contribution is -0.171. The molecule has 7 rings (SSSR count). The molecule has 3 heteroatoms. The van der Waals surface area contributed by atoms with Crippen LogP contribution in [-0.4, -0.2) is 11.8 Å². The van der Waals surface area contributed by atoms with Gasteiger partial charge in [0.15, 0.2) is 5.78 Å². The summed E-state index contributed by atoms with van der Waals surface area (Å²) in [4.78, 5) is 26.8. The second kappa shape index (κ2) is 7.95. The maximum Gasteiger partial charge on any atom is 0.312 e. The van der Waals surface area contributed by atoms with E-state index in [1.165, 1.54) is 18.4 Å². The smallest absolute Gasteiger partial charge is 0.312 e. The zero-order valence-electron chi connectivity index (χ0n) is 23.6. The Morgan fingerprint density at radius 3 is 2.53 bits per heavy atom. The number of fused-ring (bicyclic) bond motifs is 4. The largest absolute Gasteiger partial charge is 0.460 e. The SMILES string of the molecule is C=C(C)[C@@H]1CC[C@]2(C(=O)OCc3ccccc3)CC[C@@]34C(CC[C@@H]5[C@@]6(C)CCC(=O)C(=C)[C@@H]6CC3[C@]54C)[C@H]12. The summed E-state index contributed by atoms with van der Waals surface area (Å²) >= 11 is 0. The number of carbonyl (C=O) groups excluding carboxylic acids is 2. The van der Waals surface area contributed by atoms with Crippen LogP contribution in [0.2, 0.25) is 0 Å². The summed E-state index contributed by atoms with van der Waals surface area (Å²) in [6.45, 7) is 16.5. The number of Topliss-reactive ketones (excluding diaryl/α,β-unsaturated/α-hetero) is 1. The van der Waals surface area contributed by atoms with E-state index < -0.39 is 0 Å². The van der Waals surface area contributed by atoms with Crippen LogP contribution in [0, 0.1) is 57.2 Å². The first kappa shape index (κ1) is 24.9. The molecule has 1 spiro atoms. The molecule has 6 aliphatic rings. The van der Waals surface area contributed by atoms with Crippen LogP contribution >= 0.6 is 0 Å². The summed E-state index contributed by atoms with van der Waals surface area (Å²) in [6.07, 6.45) is 9.34. The minimum atomic E-state index is -0.376. The number of esters is 1. The lowest BCUT2D eigenvalue weighted by Crippen LogP contribution is -2.54. The van der Waals surface area contributed by atoms with Crippen molar-refractivity contribution < 1.29 is 14.3 Å². The van der Waals surface area contributed by atoms with Crippen molar-refractivity contribution in [3.63, 3.8) is 0 Å². The van der Waals surface area contributed by atoms with E-state index in [1.54, 1.807) is 0 Å². The number of hydrogen-bond donors (Lipinski definition) is 0. The molecule has 6 aliphatic carbocycles. The molecule has 10 atom stereocenters. The van der Waals surface area contributed by atoms with Gasteiger partial charge in [0.05, 0.1) is 5.41 Å². The lowest BCUT2D eigenvalue weighted by atomic mass is 9.46. The molecular weight excluding hydrogens is 468 g/mol. The molecule has 6 saturated carbocycles. The highest BCUT2D eigenvalue weighted by Crippen LogP contribution is 2.91. The van der Waals surface area contributed by atoms with Crippen molar-refractivity contribution in [1.29, 1.82) is 0 Å². The van der Waals surface area contributed by atoms with Gasteiger partial charge in [0.2, 0.25) is 0 Å². The number of allylic oxidation sites excluding steroid dienone is 2. The third-order valence-corrected chi connectivity index (χ3v) is 13.8. The summed E-state index contributed by atoms with van der Waals surface area (Å²) in [5, 5.41) is 0. The van der Waals surface area contributed by atoms with Crippen LogP contribution in [0.4, 0.5) is 0 Å². The summed E-state index contributed by atoms with van der Waals surface area (Å²) in [5.41, 5.74) is 3.66. The molecule has 0 bridgehead atoms. The second-order valence-electron chi connectivity index (χ2n) is 14.6. The number of rotatable bonds is 4. The van der Waals surface area contributed by atoms with Gasteiger partial charge in [0.25, 0.3) is 0 Å². The van der Waals surface area contributed by atoms with E-state index in [1.807, 2.05) is 30.3 Å². The van der Waals surface area contributed by atoms with Gasteiger partial charge in [-0.05, 0) is 121 Å². The van der Waals surface area contributed by atoms with Gasteiger partial charge in [0, 0.05) is 6.42 Å². The summed E-state index contributed by atoms with van der Waals surface area (Å²) in [6, 6.07) is 10.1. The van der Waals surface area contributed by atoms with E-state index >= 15 is 0 Å². The van der Waals surface area contributed by atoms with Gasteiger partial charge in [-0.3, -0.25) is 9.59 Å². The first-order valence-corrected chi connectivity index (χ1v) is 15.2. The molecule has 0 radical (unpaired) electrons. The van der Waals surface area contributed by atoms with Crippen molar-refractivity contribution in [2.75, 3.05) is 0 Å². The molecule has 0 heterocycles. The van der Waals surface area contributed by atoms with Crippen LogP contribution in [0.5, 0.6) is 0 Å². The van der Waals surface area contributed by atoms with Crippen molar-refractivity contribution >= 4 is 11.8 Å². The van der Waals surface area contributed by atoms with Gasteiger partial charge in [-0.1, -0.05) is 62.9 Å². The predicted molar refractivity (Wildman–Crippen MR) is 149 cm³/mol. The highest BCUT2D eigenvalue weighted by atomic mass is 16.5.